The lowest BCUT2D eigenvalue weighted by molar-refractivity contribution is 0.117. The first-order valence-electron chi connectivity index (χ1n) is 5.90. The van der Waals surface area contributed by atoms with Gasteiger partial charge < -0.3 is 5.32 Å². The summed E-state index contributed by atoms with van der Waals surface area (Å²) in [5, 5.41) is 3.59. The number of hydrogen-bond donors (Lipinski definition) is 1. The van der Waals surface area contributed by atoms with Crippen molar-refractivity contribution < 1.29 is 0 Å². The minimum atomic E-state index is 0.349. The molecular formula is C13H23N. The van der Waals surface area contributed by atoms with Gasteiger partial charge in [0.25, 0.3) is 0 Å². The number of allylic oxidation sites excluding steroid dienone is 1. The minimum absolute atomic E-state index is 0.349. The van der Waals surface area contributed by atoms with Gasteiger partial charge in [-0.3, -0.25) is 0 Å². The summed E-state index contributed by atoms with van der Waals surface area (Å²) in [5.41, 5.74) is 1.84. The van der Waals surface area contributed by atoms with Crippen LogP contribution in [0.2, 0.25) is 0 Å². The van der Waals surface area contributed by atoms with Crippen LogP contribution in [0, 0.1) is 29.1 Å². The predicted molar refractivity (Wildman–Crippen MR) is 60.8 cm³/mol. The van der Waals surface area contributed by atoms with E-state index in [-0.39, 0.29) is 0 Å². The van der Waals surface area contributed by atoms with E-state index in [1.54, 1.807) is 0 Å². The molecule has 80 valence electrons. The van der Waals surface area contributed by atoms with Crippen LogP contribution >= 0.6 is 0 Å². The van der Waals surface area contributed by atoms with Crippen LogP contribution < -0.4 is 5.32 Å². The van der Waals surface area contributed by atoms with Crippen LogP contribution in [-0.4, -0.2) is 6.54 Å². The fraction of sp³-hybridized carbons (Fsp3) is 0.846. The first kappa shape index (κ1) is 10.1. The Labute approximate surface area is 88.0 Å². The van der Waals surface area contributed by atoms with Crippen molar-refractivity contribution in [2.24, 2.45) is 29.1 Å². The highest BCUT2D eigenvalue weighted by molar-refractivity contribution is 5.24. The number of nitrogens with one attached hydrogen (secondary N) is 1. The van der Waals surface area contributed by atoms with E-state index in [0.29, 0.717) is 5.41 Å². The maximum atomic E-state index is 3.59. The summed E-state index contributed by atoms with van der Waals surface area (Å²) in [7, 11) is 0. The Kier molecular flexibility index (Phi) is 2.17. The molecule has 1 heterocycles. The zero-order chi connectivity index (χ0) is 10.5. The molecule has 1 aliphatic carbocycles. The molecule has 1 N–H and O–H groups in total. The SMILES string of the molecule is CC(C)C1C2C=C(NC2)C(C)(C)C1C. The lowest BCUT2D eigenvalue weighted by Gasteiger charge is -2.43. The van der Waals surface area contributed by atoms with Crippen molar-refractivity contribution in [2.75, 3.05) is 6.54 Å². The van der Waals surface area contributed by atoms with Gasteiger partial charge in [-0.2, -0.15) is 0 Å². The lowest BCUT2D eigenvalue weighted by atomic mass is 9.61. The molecule has 0 aromatic rings. The quantitative estimate of drug-likeness (QED) is 0.675. The van der Waals surface area contributed by atoms with Gasteiger partial charge in [0.2, 0.25) is 0 Å². The normalized spacial score (nSPS) is 39.6. The standard InChI is InChI=1S/C13H23N/c1-8(2)12-9(3)13(4,5)11-6-10(12)7-14-11/h6,8-10,12,14H,7H2,1-5H3. The molecule has 0 fully saturated rings. The van der Waals surface area contributed by atoms with Crippen LogP contribution in [0.5, 0.6) is 0 Å². The molecule has 14 heavy (non-hydrogen) atoms. The number of hydrogen-bond acceptors (Lipinski definition) is 1. The van der Waals surface area contributed by atoms with Crippen molar-refractivity contribution in [1.82, 2.24) is 5.32 Å². The van der Waals surface area contributed by atoms with Gasteiger partial charge in [0.05, 0.1) is 0 Å². The molecule has 2 aliphatic rings. The van der Waals surface area contributed by atoms with Crippen molar-refractivity contribution >= 4 is 0 Å². The zero-order valence-electron chi connectivity index (χ0n) is 10.1. The predicted octanol–water partition coefficient (Wildman–Crippen LogP) is 3.04. The first-order valence-corrected chi connectivity index (χ1v) is 5.90. The van der Waals surface area contributed by atoms with Gasteiger partial charge >= 0.3 is 0 Å². The van der Waals surface area contributed by atoms with Gasteiger partial charge in [-0.1, -0.05) is 40.7 Å². The Morgan fingerprint density at radius 1 is 1.43 bits per heavy atom. The zero-order valence-corrected chi connectivity index (χ0v) is 10.1. The average Bonchev–Trinajstić information content (AvgIpc) is 2.49. The van der Waals surface area contributed by atoms with Crippen molar-refractivity contribution in [3.05, 3.63) is 11.8 Å². The highest BCUT2D eigenvalue weighted by atomic mass is 14.9. The van der Waals surface area contributed by atoms with Crippen LogP contribution in [0.25, 0.3) is 0 Å². The van der Waals surface area contributed by atoms with Gasteiger partial charge in [-0.15, -0.1) is 0 Å². The topological polar surface area (TPSA) is 12.0 Å². The Balaban J connectivity index is 2.35. The summed E-state index contributed by atoms with van der Waals surface area (Å²) >= 11 is 0. The first-order chi connectivity index (χ1) is 6.44. The van der Waals surface area contributed by atoms with Crippen molar-refractivity contribution in [1.29, 1.82) is 0 Å². The lowest BCUT2D eigenvalue weighted by Crippen LogP contribution is -2.38. The molecule has 0 amide bonds. The smallest absolute Gasteiger partial charge is 0.0210 e. The molecule has 2 bridgehead atoms. The van der Waals surface area contributed by atoms with E-state index in [2.05, 4.69) is 46.0 Å². The molecule has 0 spiro atoms. The second-order valence-electron chi connectivity index (χ2n) is 5.96. The third kappa shape index (κ3) is 1.21. The summed E-state index contributed by atoms with van der Waals surface area (Å²) < 4.78 is 0. The van der Waals surface area contributed by atoms with Gasteiger partial charge in [-0.05, 0) is 23.7 Å². The Hall–Kier alpha value is -0.460. The van der Waals surface area contributed by atoms with Crippen LogP contribution in [0.15, 0.2) is 11.8 Å². The summed E-state index contributed by atoms with van der Waals surface area (Å²) in [5.74, 6) is 3.23. The Morgan fingerprint density at radius 3 is 2.64 bits per heavy atom. The van der Waals surface area contributed by atoms with Gasteiger partial charge in [-0.25, -0.2) is 0 Å². The van der Waals surface area contributed by atoms with Crippen LogP contribution in [0.4, 0.5) is 0 Å². The van der Waals surface area contributed by atoms with E-state index in [0.717, 1.165) is 23.7 Å². The second-order valence-corrected chi connectivity index (χ2v) is 5.96. The molecule has 0 aromatic heterocycles. The van der Waals surface area contributed by atoms with Crippen molar-refractivity contribution in [3.63, 3.8) is 0 Å². The Bertz CT molecular complexity index is 262. The fourth-order valence-corrected chi connectivity index (χ4v) is 3.42. The van der Waals surface area contributed by atoms with Gasteiger partial charge in [0.1, 0.15) is 0 Å². The highest BCUT2D eigenvalue weighted by Crippen LogP contribution is 2.50. The summed E-state index contributed by atoms with van der Waals surface area (Å²) in [6.07, 6.45) is 2.49. The van der Waals surface area contributed by atoms with Crippen LogP contribution in [-0.2, 0) is 0 Å². The second kappa shape index (κ2) is 3.01. The fourth-order valence-electron chi connectivity index (χ4n) is 3.42. The maximum absolute atomic E-state index is 3.59. The van der Waals surface area contributed by atoms with E-state index >= 15 is 0 Å². The Morgan fingerprint density at radius 2 is 2.07 bits per heavy atom. The number of fused-ring (bicyclic) bond motifs is 1. The minimum Gasteiger partial charge on any atom is -0.388 e. The molecule has 1 nitrogen and oxygen atoms in total. The van der Waals surface area contributed by atoms with Crippen LogP contribution in [0.3, 0.4) is 0 Å². The van der Waals surface area contributed by atoms with Crippen molar-refractivity contribution in [2.45, 2.75) is 34.6 Å². The number of rotatable bonds is 1. The van der Waals surface area contributed by atoms with Gasteiger partial charge in [0.15, 0.2) is 0 Å². The highest BCUT2D eigenvalue weighted by Gasteiger charge is 2.46. The average molecular weight is 193 g/mol. The van der Waals surface area contributed by atoms with E-state index in [4.69, 9.17) is 0 Å². The molecule has 0 radical (unpaired) electrons. The van der Waals surface area contributed by atoms with Crippen molar-refractivity contribution in [3.8, 4) is 0 Å². The summed E-state index contributed by atoms with van der Waals surface area (Å²) in [6, 6.07) is 0. The van der Waals surface area contributed by atoms with E-state index in [9.17, 15) is 0 Å². The molecular weight excluding hydrogens is 170 g/mol. The third-order valence-electron chi connectivity index (χ3n) is 4.58. The molecule has 2 rings (SSSR count). The summed E-state index contributed by atoms with van der Waals surface area (Å²) in [6.45, 7) is 13.1. The molecule has 1 heteroatoms. The molecule has 0 aromatic carbocycles. The molecule has 1 aliphatic heterocycles. The van der Waals surface area contributed by atoms with E-state index in [1.165, 1.54) is 12.2 Å². The van der Waals surface area contributed by atoms with E-state index < -0.39 is 0 Å². The molecule has 3 unspecified atom stereocenters. The third-order valence-corrected chi connectivity index (χ3v) is 4.58. The summed E-state index contributed by atoms with van der Waals surface area (Å²) in [4.78, 5) is 0. The largest absolute Gasteiger partial charge is 0.388 e. The monoisotopic (exact) mass is 193 g/mol. The molecule has 3 atom stereocenters. The van der Waals surface area contributed by atoms with Gasteiger partial charge in [0, 0.05) is 17.7 Å². The molecule has 0 saturated heterocycles. The van der Waals surface area contributed by atoms with E-state index in [1.807, 2.05) is 0 Å². The maximum Gasteiger partial charge on any atom is 0.0210 e. The van der Waals surface area contributed by atoms with Crippen LogP contribution in [0.1, 0.15) is 34.6 Å². The molecule has 0 saturated carbocycles.